The number of hydrogen-bond acceptors (Lipinski definition) is 2. The molecule has 4 heteroatoms. The third-order valence-electron chi connectivity index (χ3n) is 3.30. The van der Waals surface area contributed by atoms with E-state index in [-0.39, 0.29) is 18.6 Å². The van der Waals surface area contributed by atoms with Crippen molar-refractivity contribution in [1.82, 2.24) is 10.3 Å². The maximum Gasteiger partial charge on any atom is 0.253 e. The molecule has 4 nitrogen and oxygen atoms in total. The molecule has 1 amide bonds. The molecular weight excluding hydrogens is 204 g/mol. The van der Waals surface area contributed by atoms with Crippen molar-refractivity contribution in [3.05, 3.63) is 24.0 Å². The van der Waals surface area contributed by atoms with Crippen LogP contribution in [0.1, 0.15) is 36.0 Å². The first-order valence-electron chi connectivity index (χ1n) is 5.84. The van der Waals surface area contributed by atoms with Gasteiger partial charge in [0.05, 0.1) is 5.56 Å². The topological polar surface area (TPSA) is 65.1 Å². The number of aromatic amines is 1. The number of hydrogen-bond donors (Lipinski definition) is 3. The second kappa shape index (κ2) is 5.16. The van der Waals surface area contributed by atoms with Crippen molar-refractivity contribution in [3.63, 3.8) is 0 Å². The van der Waals surface area contributed by atoms with Crippen LogP contribution in [-0.4, -0.2) is 28.6 Å². The largest absolute Gasteiger partial charge is 0.396 e. The van der Waals surface area contributed by atoms with E-state index < -0.39 is 0 Å². The molecule has 0 unspecified atom stereocenters. The highest BCUT2D eigenvalue weighted by Gasteiger charge is 2.22. The van der Waals surface area contributed by atoms with E-state index in [2.05, 4.69) is 10.3 Å². The molecule has 0 spiro atoms. The monoisotopic (exact) mass is 222 g/mol. The average molecular weight is 222 g/mol. The Hall–Kier alpha value is -1.29. The fourth-order valence-corrected chi connectivity index (χ4v) is 2.22. The highest BCUT2D eigenvalue weighted by molar-refractivity contribution is 5.94. The molecule has 3 N–H and O–H groups in total. The van der Waals surface area contributed by atoms with Crippen molar-refractivity contribution in [2.75, 3.05) is 6.61 Å². The predicted octanol–water partition coefficient (Wildman–Crippen LogP) is 1.30. The number of aromatic nitrogens is 1. The van der Waals surface area contributed by atoms with Crippen molar-refractivity contribution in [3.8, 4) is 0 Å². The average Bonchev–Trinajstić information content (AvgIpc) is 2.83. The van der Waals surface area contributed by atoms with Crippen LogP contribution < -0.4 is 5.32 Å². The van der Waals surface area contributed by atoms with Crippen molar-refractivity contribution < 1.29 is 9.90 Å². The fourth-order valence-electron chi connectivity index (χ4n) is 2.22. The number of carbonyl (C=O) groups is 1. The standard InChI is InChI=1S/C12H18N2O2/c15-8-9-1-3-11(4-2-9)14-12(16)10-5-6-13-7-10/h5-7,9,11,13,15H,1-4,8H2,(H,14,16). The van der Waals surface area contributed by atoms with Gasteiger partial charge in [0, 0.05) is 25.0 Å². The van der Waals surface area contributed by atoms with Gasteiger partial charge in [0.1, 0.15) is 0 Å². The van der Waals surface area contributed by atoms with Crippen LogP contribution in [0.5, 0.6) is 0 Å². The Bertz CT molecular complexity index is 327. The van der Waals surface area contributed by atoms with E-state index in [0.717, 1.165) is 25.7 Å². The Morgan fingerprint density at radius 3 is 2.75 bits per heavy atom. The van der Waals surface area contributed by atoms with Crippen LogP contribution in [-0.2, 0) is 0 Å². The van der Waals surface area contributed by atoms with Crippen LogP contribution >= 0.6 is 0 Å². The molecule has 0 aromatic carbocycles. The first-order chi connectivity index (χ1) is 7.79. The van der Waals surface area contributed by atoms with E-state index in [4.69, 9.17) is 5.11 Å². The molecule has 1 aromatic heterocycles. The normalized spacial score (nSPS) is 25.3. The number of H-pyrrole nitrogens is 1. The zero-order valence-electron chi connectivity index (χ0n) is 9.28. The van der Waals surface area contributed by atoms with Crippen molar-refractivity contribution in [2.45, 2.75) is 31.7 Å². The summed E-state index contributed by atoms with van der Waals surface area (Å²) in [7, 11) is 0. The van der Waals surface area contributed by atoms with Gasteiger partial charge >= 0.3 is 0 Å². The summed E-state index contributed by atoms with van der Waals surface area (Å²) in [6.07, 6.45) is 7.41. The van der Waals surface area contributed by atoms with Gasteiger partial charge in [0.2, 0.25) is 0 Å². The Morgan fingerprint density at radius 2 is 2.19 bits per heavy atom. The van der Waals surface area contributed by atoms with Gasteiger partial charge in [-0.25, -0.2) is 0 Å². The minimum absolute atomic E-state index is 0.00583. The summed E-state index contributed by atoms with van der Waals surface area (Å²) in [6.45, 7) is 0.276. The molecule has 0 bridgehead atoms. The molecular formula is C12H18N2O2. The molecule has 16 heavy (non-hydrogen) atoms. The first-order valence-corrected chi connectivity index (χ1v) is 5.84. The number of rotatable bonds is 3. The van der Waals surface area contributed by atoms with E-state index >= 15 is 0 Å². The lowest BCUT2D eigenvalue weighted by Gasteiger charge is -2.27. The van der Waals surface area contributed by atoms with Crippen LogP contribution in [0.15, 0.2) is 18.5 Å². The van der Waals surface area contributed by atoms with Crippen LogP contribution in [0.4, 0.5) is 0 Å². The molecule has 1 aliphatic rings. The molecule has 0 atom stereocenters. The lowest BCUT2D eigenvalue weighted by molar-refractivity contribution is 0.0914. The van der Waals surface area contributed by atoms with E-state index in [1.807, 2.05) is 0 Å². The van der Waals surface area contributed by atoms with Crippen LogP contribution in [0.3, 0.4) is 0 Å². The summed E-state index contributed by atoms with van der Waals surface area (Å²) in [5.41, 5.74) is 0.685. The highest BCUT2D eigenvalue weighted by atomic mass is 16.3. The Labute approximate surface area is 95.1 Å². The van der Waals surface area contributed by atoms with Crippen LogP contribution in [0, 0.1) is 5.92 Å². The number of carbonyl (C=O) groups excluding carboxylic acids is 1. The van der Waals surface area contributed by atoms with Crippen LogP contribution in [0.25, 0.3) is 0 Å². The number of amides is 1. The summed E-state index contributed by atoms with van der Waals surface area (Å²) >= 11 is 0. The minimum Gasteiger partial charge on any atom is -0.396 e. The van der Waals surface area contributed by atoms with E-state index in [9.17, 15) is 4.79 Å². The first kappa shape index (κ1) is 11.2. The maximum absolute atomic E-state index is 11.7. The Morgan fingerprint density at radius 1 is 1.44 bits per heavy atom. The van der Waals surface area contributed by atoms with E-state index in [0.29, 0.717) is 11.5 Å². The van der Waals surface area contributed by atoms with Gasteiger partial charge in [-0.15, -0.1) is 0 Å². The molecule has 1 aromatic rings. The Kier molecular flexibility index (Phi) is 3.62. The zero-order chi connectivity index (χ0) is 11.4. The molecule has 0 aliphatic heterocycles. The second-order valence-corrected chi connectivity index (χ2v) is 4.47. The van der Waals surface area contributed by atoms with Gasteiger partial charge in [-0.1, -0.05) is 0 Å². The predicted molar refractivity (Wildman–Crippen MR) is 61.1 cm³/mol. The van der Waals surface area contributed by atoms with Gasteiger partial charge in [-0.3, -0.25) is 4.79 Å². The van der Waals surface area contributed by atoms with E-state index in [1.165, 1.54) is 0 Å². The SMILES string of the molecule is O=C(NC1CCC(CO)CC1)c1cc[nH]c1. The highest BCUT2D eigenvalue weighted by Crippen LogP contribution is 2.23. The van der Waals surface area contributed by atoms with Gasteiger partial charge in [-0.2, -0.15) is 0 Å². The molecule has 2 rings (SSSR count). The van der Waals surface area contributed by atoms with Crippen molar-refractivity contribution in [2.24, 2.45) is 5.92 Å². The summed E-state index contributed by atoms with van der Waals surface area (Å²) in [6, 6.07) is 2.04. The lowest BCUT2D eigenvalue weighted by Crippen LogP contribution is -2.37. The third kappa shape index (κ3) is 2.64. The Balaban J connectivity index is 1.81. The molecule has 1 heterocycles. The maximum atomic E-state index is 11.7. The van der Waals surface area contributed by atoms with Gasteiger partial charge in [0.15, 0.2) is 0 Å². The summed E-state index contributed by atoms with van der Waals surface area (Å²) < 4.78 is 0. The molecule has 1 fully saturated rings. The molecule has 1 aliphatic carbocycles. The van der Waals surface area contributed by atoms with E-state index in [1.54, 1.807) is 18.5 Å². The van der Waals surface area contributed by atoms with Gasteiger partial charge in [-0.05, 0) is 37.7 Å². The zero-order valence-corrected chi connectivity index (χ0v) is 9.28. The summed E-state index contributed by atoms with van der Waals surface area (Å²) in [5, 5.41) is 12.0. The van der Waals surface area contributed by atoms with Crippen LogP contribution in [0.2, 0.25) is 0 Å². The molecule has 1 saturated carbocycles. The lowest BCUT2D eigenvalue weighted by atomic mass is 9.86. The summed E-state index contributed by atoms with van der Waals surface area (Å²) in [4.78, 5) is 14.6. The van der Waals surface area contributed by atoms with Crippen molar-refractivity contribution in [1.29, 1.82) is 0 Å². The second-order valence-electron chi connectivity index (χ2n) is 4.47. The smallest absolute Gasteiger partial charge is 0.253 e. The number of nitrogens with one attached hydrogen (secondary N) is 2. The summed E-state index contributed by atoms with van der Waals surface area (Å²) in [5.74, 6) is 0.425. The molecule has 0 saturated heterocycles. The number of aliphatic hydroxyl groups is 1. The van der Waals surface area contributed by atoms with Crippen molar-refractivity contribution >= 4 is 5.91 Å². The third-order valence-corrected chi connectivity index (χ3v) is 3.30. The van der Waals surface area contributed by atoms with Gasteiger partial charge in [0.25, 0.3) is 5.91 Å². The quantitative estimate of drug-likeness (QED) is 0.721. The fraction of sp³-hybridized carbons (Fsp3) is 0.583. The van der Waals surface area contributed by atoms with Gasteiger partial charge < -0.3 is 15.4 Å². The molecule has 0 radical (unpaired) electrons. The minimum atomic E-state index is -0.00583. The molecule has 88 valence electrons. The number of aliphatic hydroxyl groups excluding tert-OH is 1.